The second-order valence-corrected chi connectivity index (χ2v) is 10.0. The molecular weight excluding hydrogens is 460 g/mol. The van der Waals surface area contributed by atoms with Crippen LogP contribution in [0.3, 0.4) is 0 Å². The number of piperazine rings is 1. The van der Waals surface area contributed by atoms with Crippen LogP contribution in [0.5, 0.6) is 0 Å². The number of hydrogen-bond acceptors (Lipinski definition) is 7. The van der Waals surface area contributed by atoms with Gasteiger partial charge in [0.25, 0.3) is 0 Å². The number of para-hydroxylation sites is 1. The Morgan fingerprint density at radius 1 is 1.17 bits per heavy atom. The molecule has 2 fully saturated rings. The van der Waals surface area contributed by atoms with Gasteiger partial charge in [-0.05, 0) is 61.2 Å². The first-order chi connectivity index (χ1) is 17.1. The zero-order valence-corrected chi connectivity index (χ0v) is 21.1. The number of fused-ring (bicyclic) bond motifs is 1. The summed E-state index contributed by atoms with van der Waals surface area (Å²) in [6.45, 7) is 8.65. The Kier molecular flexibility index (Phi) is 7.41. The second-order valence-electron chi connectivity index (χ2n) is 9.18. The lowest BCUT2D eigenvalue weighted by Crippen LogP contribution is -2.50. The van der Waals surface area contributed by atoms with Crippen molar-refractivity contribution in [1.29, 1.82) is 0 Å². The standard InChI is InChI=1S/C27H32N4O3S/c1-19-17-22(29-35-25-7-3-5-21-6-4-11-28-26(21)25)8-9-24(19)20(2)30-12-14-31(15-13-30)27(32)34-23-10-16-33-18-23/h3-9,11,17,20,23,29H,10,12-16,18H2,1-2H3/t20-,23?/m0/s1. The van der Waals surface area contributed by atoms with Crippen molar-refractivity contribution in [2.45, 2.75) is 37.3 Å². The third-order valence-corrected chi connectivity index (χ3v) is 7.76. The molecule has 1 unspecified atom stereocenters. The zero-order valence-electron chi connectivity index (χ0n) is 20.3. The maximum absolute atomic E-state index is 12.4. The van der Waals surface area contributed by atoms with Crippen molar-refractivity contribution >= 4 is 34.6 Å². The molecule has 2 aromatic carbocycles. The van der Waals surface area contributed by atoms with Crippen molar-refractivity contribution in [3.8, 4) is 0 Å². The molecule has 0 aliphatic carbocycles. The molecular formula is C27H32N4O3S. The van der Waals surface area contributed by atoms with Crippen LogP contribution >= 0.6 is 11.9 Å². The number of nitrogens with zero attached hydrogens (tertiary/aromatic N) is 3. The topological polar surface area (TPSA) is 66.9 Å². The highest BCUT2D eigenvalue weighted by Gasteiger charge is 2.28. The van der Waals surface area contributed by atoms with E-state index in [0.29, 0.717) is 26.3 Å². The number of hydrogen-bond donors (Lipinski definition) is 1. The molecule has 2 aliphatic heterocycles. The highest BCUT2D eigenvalue weighted by molar-refractivity contribution is 8.00. The molecule has 1 N–H and O–H groups in total. The number of nitrogens with one attached hydrogen (secondary N) is 1. The van der Waals surface area contributed by atoms with Crippen LogP contribution in [0, 0.1) is 6.92 Å². The van der Waals surface area contributed by atoms with Crippen LogP contribution in [0.15, 0.2) is 59.6 Å². The van der Waals surface area contributed by atoms with Crippen LogP contribution in [-0.4, -0.2) is 66.4 Å². The monoisotopic (exact) mass is 492 g/mol. The van der Waals surface area contributed by atoms with E-state index in [1.54, 1.807) is 11.9 Å². The van der Waals surface area contributed by atoms with Crippen molar-refractivity contribution in [1.82, 2.24) is 14.8 Å². The number of benzene rings is 2. The summed E-state index contributed by atoms with van der Waals surface area (Å²) in [5, 5.41) is 1.14. The van der Waals surface area contributed by atoms with Gasteiger partial charge < -0.3 is 19.1 Å². The van der Waals surface area contributed by atoms with Gasteiger partial charge >= 0.3 is 6.09 Å². The molecule has 0 saturated carbocycles. The zero-order chi connectivity index (χ0) is 24.2. The highest BCUT2D eigenvalue weighted by Crippen LogP contribution is 2.31. The van der Waals surface area contributed by atoms with E-state index < -0.39 is 0 Å². The van der Waals surface area contributed by atoms with Crippen molar-refractivity contribution in [2.75, 3.05) is 44.1 Å². The van der Waals surface area contributed by atoms with E-state index in [4.69, 9.17) is 9.47 Å². The minimum atomic E-state index is -0.210. The quantitative estimate of drug-likeness (QED) is 0.471. The predicted octanol–water partition coefficient (Wildman–Crippen LogP) is 5.27. The Morgan fingerprint density at radius 2 is 2.00 bits per heavy atom. The first-order valence-corrected chi connectivity index (χ1v) is 13.0. The number of carbonyl (C=O) groups is 1. The fraction of sp³-hybridized carbons (Fsp3) is 0.407. The summed E-state index contributed by atoms with van der Waals surface area (Å²) in [6, 6.07) is 17.1. The van der Waals surface area contributed by atoms with Crippen LogP contribution in [0.4, 0.5) is 10.5 Å². The van der Waals surface area contributed by atoms with Crippen molar-refractivity contribution < 1.29 is 14.3 Å². The highest BCUT2D eigenvalue weighted by atomic mass is 32.2. The van der Waals surface area contributed by atoms with Crippen LogP contribution < -0.4 is 4.72 Å². The fourth-order valence-corrected chi connectivity index (χ4v) is 5.56. The molecule has 7 nitrogen and oxygen atoms in total. The van der Waals surface area contributed by atoms with Crippen molar-refractivity contribution in [3.05, 3.63) is 65.9 Å². The summed E-state index contributed by atoms with van der Waals surface area (Å²) >= 11 is 1.59. The largest absolute Gasteiger partial charge is 0.444 e. The van der Waals surface area contributed by atoms with Gasteiger partial charge in [0, 0.05) is 55.9 Å². The summed E-state index contributed by atoms with van der Waals surface area (Å²) in [5.41, 5.74) is 4.64. The van der Waals surface area contributed by atoms with E-state index in [1.165, 1.54) is 11.1 Å². The molecule has 0 bridgehead atoms. The number of pyridine rings is 1. The summed E-state index contributed by atoms with van der Waals surface area (Å²) in [7, 11) is 0. The third kappa shape index (κ3) is 5.55. The summed E-state index contributed by atoms with van der Waals surface area (Å²) in [5.74, 6) is 0. The third-order valence-electron chi connectivity index (χ3n) is 6.87. The molecule has 0 radical (unpaired) electrons. The SMILES string of the molecule is Cc1cc(NSc2cccc3cccnc23)ccc1[C@H](C)N1CCN(C(=O)OC2CCOC2)CC1. The predicted molar refractivity (Wildman–Crippen MR) is 140 cm³/mol. The average Bonchev–Trinajstić information content (AvgIpc) is 3.40. The molecule has 2 atom stereocenters. The van der Waals surface area contributed by atoms with Crippen LogP contribution in [0.2, 0.25) is 0 Å². The molecule has 5 rings (SSSR count). The first-order valence-electron chi connectivity index (χ1n) is 12.2. The first kappa shape index (κ1) is 23.9. The second kappa shape index (κ2) is 10.8. The summed E-state index contributed by atoms with van der Waals surface area (Å²) < 4.78 is 14.4. The smallest absolute Gasteiger partial charge is 0.410 e. The van der Waals surface area contributed by atoms with Crippen molar-refractivity contribution in [2.24, 2.45) is 0 Å². The summed E-state index contributed by atoms with van der Waals surface area (Å²) in [4.78, 5) is 22.3. The molecule has 3 aromatic rings. The number of amides is 1. The normalized spacial score (nSPS) is 19.6. The number of ether oxygens (including phenoxy) is 2. The molecule has 1 aromatic heterocycles. The van der Waals surface area contributed by atoms with E-state index in [-0.39, 0.29) is 18.2 Å². The molecule has 2 aliphatic rings. The lowest BCUT2D eigenvalue weighted by molar-refractivity contribution is 0.0355. The van der Waals surface area contributed by atoms with E-state index in [2.05, 4.69) is 70.9 Å². The van der Waals surface area contributed by atoms with E-state index in [0.717, 1.165) is 41.0 Å². The van der Waals surface area contributed by atoms with Gasteiger partial charge in [0.05, 0.1) is 23.6 Å². The van der Waals surface area contributed by atoms with Gasteiger partial charge in [-0.1, -0.05) is 24.3 Å². The minimum absolute atomic E-state index is 0.0933. The lowest BCUT2D eigenvalue weighted by Gasteiger charge is -2.38. The molecule has 0 spiro atoms. The van der Waals surface area contributed by atoms with E-state index in [1.807, 2.05) is 17.2 Å². The van der Waals surface area contributed by atoms with Gasteiger partial charge in [-0.3, -0.25) is 9.88 Å². The van der Waals surface area contributed by atoms with Crippen LogP contribution in [-0.2, 0) is 9.47 Å². The van der Waals surface area contributed by atoms with Gasteiger partial charge in [-0.2, -0.15) is 0 Å². The Hall–Kier alpha value is -2.81. The van der Waals surface area contributed by atoms with E-state index in [9.17, 15) is 4.79 Å². The number of aromatic nitrogens is 1. The molecule has 3 heterocycles. The summed E-state index contributed by atoms with van der Waals surface area (Å²) in [6.07, 6.45) is 2.33. The minimum Gasteiger partial charge on any atom is -0.444 e. The molecule has 8 heteroatoms. The Bertz CT molecular complexity index is 1170. The van der Waals surface area contributed by atoms with Gasteiger partial charge in [0.1, 0.15) is 6.10 Å². The average molecular weight is 493 g/mol. The Labute approximate surface area is 210 Å². The molecule has 184 valence electrons. The Balaban J connectivity index is 1.16. The van der Waals surface area contributed by atoms with Crippen molar-refractivity contribution in [3.63, 3.8) is 0 Å². The number of anilines is 1. The molecule has 1 amide bonds. The molecule has 35 heavy (non-hydrogen) atoms. The van der Waals surface area contributed by atoms with Gasteiger partial charge in [-0.25, -0.2) is 4.79 Å². The van der Waals surface area contributed by atoms with Crippen LogP contribution in [0.1, 0.15) is 30.5 Å². The van der Waals surface area contributed by atoms with Gasteiger partial charge in [-0.15, -0.1) is 0 Å². The maximum atomic E-state index is 12.4. The Morgan fingerprint density at radius 3 is 2.77 bits per heavy atom. The lowest BCUT2D eigenvalue weighted by atomic mass is 10.00. The van der Waals surface area contributed by atoms with E-state index >= 15 is 0 Å². The fourth-order valence-electron chi connectivity index (χ4n) is 4.79. The molecule has 2 saturated heterocycles. The van der Waals surface area contributed by atoms with Gasteiger partial charge in [0.15, 0.2) is 0 Å². The number of aryl methyl sites for hydroxylation is 1. The van der Waals surface area contributed by atoms with Gasteiger partial charge in [0.2, 0.25) is 0 Å². The van der Waals surface area contributed by atoms with Crippen LogP contribution in [0.25, 0.3) is 10.9 Å². The number of rotatable bonds is 6. The number of carbonyl (C=O) groups excluding carboxylic acids is 1. The maximum Gasteiger partial charge on any atom is 0.410 e.